The molecule has 1 amide bonds. The summed E-state index contributed by atoms with van der Waals surface area (Å²) in [6.07, 6.45) is 4.75. The number of hydrogen-bond acceptors (Lipinski definition) is 6. The number of rotatable bonds is 3. The van der Waals surface area contributed by atoms with Gasteiger partial charge in [0, 0.05) is 43.3 Å². The summed E-state index contributed by atoms with van der Waals surface area (Å²) in [6, 6.07) is 6.47. The number of amides is 1. The van der Waals surface area contributed by atoms with Crippen LogP contribution in [0.2, 0.25) is 0 Å². The van der Waals surface area contributed by atoms with Gasteiger partial charge in [-0.25, -0.2) is 0 Å². The zero-order chi connectivity index (χ0) is 16.5. The molecule has 1 saturated heterocycles. The van der Waals surface area contributed by atoms with Crippen molar-refractivity contribution in [2.45, 2.75) is 5.92 Å². The Morgan fingerprint density at radius 1 is 1.21 bits per heavy atom. The lowest BCUT2D eigenvalue weighted by molar-refractivity contribution is 0.0568. The molecule has 0 atom stereocenters. The second kappa shape index (κ2) is 5.73. The predicted molar refractivity (Wildman–Crippen MR) is 83.2 cm³/mol. The van der Waals surface area contributed by atoms with Gasteiger partial charge in [-0.1, -0.05) is 5.16 Å². The maximum Gasteiger partial charge on any atom is 0.255 e. The van der Waals surface area contributed by atoms with Gasteiger partial charge in [-0.3, -0.25) is 14.6 Å². The van der Waals surface area contributed by atoms with E-state index >= 15 is 0 Å². The molecule has 0 bridgehead atoms. The molecule has 0 unspecified atom stereocenters. The Hall–Kier alpha value is -3.29. The molecule has 3 aromatic heterocycles. The van der Waals surface area contributed by atoms with Gasteiger partial charge >= 0.3 is 0 Å². The maximum absolute atomic E-state index is 12.3. The number of likely N-dealkylation sites (tertiary alicyclic amines) is 1. The van der Waals surface area contributed by atoms with Crippen LogP contribution in [-0.2, 0) is 0 Å². The normalized spacial score (nSPS) is 14.4. The van der Waals surface area contributed by atoms with E-state index in [-0.39, 0.29) is 17.4 Å². The molecular weight excluding hydrogens is 310 g/mol. The van der Waals surface area contributed by atoms with Crippen molar-refractivity contribution >= 4 is 5.91 Å². The molecule has 0 aliphatic carbocycles. The van der Waals surface area contributed by atoms with E-state index in [1.54, 1.807) is 29.4 Å². The van der Waals surface area contributed by atoms with Crippen molar-refractivity contribution < 1.29 is 9.32 Å². The SMILES string of the molecule is O=C(c1ccc(=O)[nH]c1)N1CC(c2nc(-c3ccncc3)no2)C1. The van der Waals surface area contributed by atoms with Crippen LogP contribution in [-0.4, -0.2) is 44.0 Å². The number of carbonyl (C=O) groups excluding carboxylic acids is 1. The molecular formula is C16H13N5O3. The fourth-order valence-corrected chi connectivity index (χ4v) is 2.55. The van der Waals surface area contributed by atoms with E-state index in [4.69, 9.17) is 4.52 Å². The molecule has 0 spiro atoms. The minimum Gasteiger partial charge on any atom is -0.339 e. The molecule has 0 saturated carbocycles. The van der Waals surface area contributed by atoms with E-state index < -0.39 is 0 Å². The first-order valence-electron chi connectivity index (χ1n) is 7.43. The number of carbonyl (C=O) groups is 1. The molecule has 4 heterocycles. The van der Waals surface area contributed by atoms with Crippen LogP contribution in [0, 0.1) is 0 Å². The Morgan fingerprint density at radius 3 is 2.71 bits per heavy atom. The Kier molecular flexibility index (Phi) is 3.42. The lowest BCUT2D eigenvalue weighted by atomic mass is 9.99. The fourth-order valence-electron chi connectivity index (χ4n) is 2.55. The Morgan fingerprint density at radius 2 is 2.00 bits per heavy atom. The largest absolute Gasteiger partial charge is 0.339 e. The second-order valence-electron chi connectivity index (χ2n) is 5.54. The van der Waals surface area contributed by atoms with Gasteiger partial charge in [-0.05, 0) is 18.2 Å². The van der Waals surface area contributed by atoms with Crippen molar-refractivity contribution in [1.29, 1.82) is 0 Å². The van der Waals surface area contributed by atoms with Gasteiger partial charge in [-0.15, -0.1) is 0 Å². The van der Waals surface area contributed by atoms with Gasteiger partial charge in [0.1, 0.15) is 0 Å². The standard InChI is InChI=1S/C16H13N5O3/c22-13-2-1-11(7-18-13)16(23)21-8-12(9-21)15-19-14(20-24-15)10-3-5-17-6-4-10/h1-7,12H,8-9H2,(H,18,22). The number of hydrogen-bond donors (Lipinski definition) is 1. The van der Waals surface area contributed by atoms with Gasteiger partial charge in [0.05, 0.1) is 11.5 Å². The van der Waals surface area contributed by atoms with E-state index in [1.807, 2.05) is 0 Å². The monoisotopic (exact) mass is 323 g/mol. The highest BCUT2D eigenvalue weighted by Gasteiger charge is 2.36. The Balaban J connectivity index is 1.43. The van der Waals surface area contributed by atoms with Crippen molar-refractivity contribution in [3.05, 3.63) is 64.7 Å². The first-order chi connectivity index (χ1) is 11.7. The number of H-pyrrole nitrogens is 1. The first kappa shape index (κ1) is 14.3. The van der Waals surface area contributed by atoms with E-state index in [2.05, 4.69) is 20.1 Å². The molecule has 0 radical (unpaired) electrons. The summed E-state index contributed by atoms with van der Waals surface area (Å²) in [5.41, 5.74) is 1.05. The van der Waals surface area contributed by atoms with Crippen LogP contribution in [0.4, 0.5) is 0 Å². The highest BCUT2D eigenvalue weighted by molar-refractivity contribution is 5.94. The van der Waals surface area contributed by atoms with E-state index in [1.165, 1.54) is 18.3 Å². The summed E-state index contributed by atoms with van der Waals surface area (Å²) in [5, 5.41) is 3.97. The molecule has 1 N–H and O–H groups in total. The van der Waals surface area contributed by atoms with Gasteiger partial charge in [0.25, 0.3) is 5.91 Å². The topological polar surface area (TPSA) is 105 Å². The average Bonchev–Trinajstić information content (AvgIpc) is 3.04. The zero-order valence-corrected chi connectivity index (χ0v) is 12.5. The molecule has 8 heteroatoms. The highest BCUT2D eigenvalue weighted by Crippen LogP contribution is 2.28. The molecule has 24 heavy (non-hydrogen) atoms. The molecule has 120 valence electrons. The molecule has 8 nitrogen and oxygen atoms in total. The van der Waals surface area contributed by atoms with Crippen LogP contribution in [0.15, 0.2) is 52.2 Å². The van der Waals surface area contributed by atoms with Crippen LogP contribution in [0.25, 0.3) is 11.4 Å². The summed E-state index contributed by atoms with van der Waals surface area (Å²) in [6.45, 7) is 1.02. The van der Waals surface area contributed by atoms with Gasteiger partial charge in [0.15, 0.2) is 0 Å². The van der Waals surface area contributed by atoms with E-state index in [0.29, 0.717) is 30.4 Å². The fraction of sp³-hybridized carbons (Fsp3) is 0.188. The molecule has 1 aliphatic rings. The first-order valence-corrected chi connectivity index (χ1v) is 7.43. The summed E-state index contributed by atoms with van der Waals surface area (Å²) in [7, 11) is 0. The average molecular weight is 323 g/mol. The van der Waals surface area contributed by atoms with Gasteiger partial charge < -0.3 is 14.4 Å². The van der Waals surface area contributed by atoms with Crippen molar-refractivity contribution in [3.63, 3.8) is 0 Å². The van der Waals surface area contributed by atoms with Crippen molar-refractivity contribution in [2.75, 3.05) is 13.1 Å². The minimum atomic E-state index is -0.234. The molecule has 1 aliphatic heterocycles. The lowest BCUT2D eigenvalue weighted by Crippen LogP contribution is -2.48. The third-order valence-corrected chi connectivity index (χ3v) is 3.93. The van der Waals surface area contributed by atoms with Crippen LogP contribution in [0.5, 0.6) is 0 Å². The quantitative estimate of drug-likeness (QED) is 0.772. The summed E-state index contributed by atoms with van der Waals surface area (Å²) in [5.74, 6) is 0.932. The third-order valence-electron chi connectivity index (χ3n) is 3.93. The Bertz CT molecular complexity index is 908. The van der Waals surface area contributed by atoms with Crippen LogP contribution >= 0.6 is 0 Å². The number of nitrogens with one attached hydrogen (secondary N) is 1. The smallest absolute Gasteiger partial charge is 0.255 e. The van der Waals surface area contributed by atoms with Crippen molar-refractivity contribution in [3.8, 4) is 11.4 Å². The van der Waals surface area contributed by atoms with E-state index in [0.717, 1.165) is 5.56 Å². The predicted octanol–water partition coefficient (Wildman–Crippen LogP) is 1.06. The highest BCUT2D eigenvalue weighted by atomic mass is 16.5. The van der Waals surface area contributed by atoms with Crippen LogP contribution in [0.3, 0.4) is 0 Å². The van der Waals surface area contributed by atoms with E-state index in [9.17, 15) is 9.59 Å². The van der Waals surface area contributed by atoms with Crippen molar-refractivity contribution in [1.82, 2.24) is 25.0 Å². The maximum atomic E-state index is 12.3. The molecule has 0 aromatic carbocycles. The molecule has 1 fully saturated rings. The molecule has 3 aromatic rings. The molecule has 4 rings (SSSR count). The lowest BCUT2D eigenvalue weighted by Gasteiger charge is -2.37. The van der Waals surface area contributed by atoms with Gasteiger partial charge in [0.2, 0.25) is 17.3 Å². The number of pyridine rings is 2. The zero-order valence-electron chi connectivity index (χ0n) is 12.5. The summed E-state index contributed by atoms with van der Waals surface area (Å²) >= 11 is 0. The second-order valence-corrected chi connectivity index (χ2v) is 5.54. The number of nitrogens with zero attached hydrogens (tertiary/aromatic N) is 4. The summed E-state index contributed by atoms with van der Waals surface area (Å²) in [4.78, 5) is 35.8. The number of aromatic amines is 1. The van der Waals surface area contributed by atoms with Crippen LogP contribution in [0.1, 0.15) is 22.2 Å². The Labute approximate surface area is 136 Å². The summed E-state index contributed by atoms with van der Waals surface area (Å²) < 4.78 is 5.31. The third kappa shape index (κ3) is 2.58. The minimum absolute atomic E-state index is 0.0276. The van der Waals surface area contributed by atoms with Gasteiger partial charge in [-0.2, -0.15) is 4.98 Å². The number of aromatic nitrogens is 4. The van der Waals surface area contributed by atoms with Crippen molar-refractivity contribution in [2.24, 2.45) is 0 Å². The van der Waals surface area contributed by atoms with Crippen LogP contribution < -0.4 is 5.56 Å².